The first kappa shape index (κ1) is 11.5. The summed E-state index contributed by atoms with van der Waals surface area (Å²) in [7, 11) is -1.96. The Hall–Kier alpha value is -0.580. The van der Waals surface area contributed by atoms with E-state index in [1.165, 1.54) is 7.05 Å². The molecule has 0 radical (unpaired) electrons. The zero-order chi connectivity index (χ0) is 10.8. The van der Waals surface area contributed by atoms with Crippen LogP contribution in [0.2, 0.25) is 0 Å². The first-order valence-electron chi connectivity index (χ1n) is 4.07. The Morgan fingerprint density at radius 1 is 1.29 bits per heavy atom. The van der Waals surface area contributed by atoms with Crippen LogP contribution in [0.4, 0.5) is 0 Å². The summed E-state index contributed by atoms with van der Waals surface area (Å²) in [6, 6.07) is 6.63. The van der Waals surface area contributed by atoms with E-state index in [9.17, 15) is 8.42 Å². The van der Waals surface area contributed by atoms with Gasteiger partial charge in [0.15, 0.2) is 0 Å². The van der Waals surface area contributed by atoms with Gasteiger partial charge in [-0.15, -0.1) is 11.6 Å². The van der Waals surface area contributed by atoms with Crippen LogP contribution in [0.3, 0.4) is 0 Å². The van der Waals surface area contributed by atoms with E-state index in [-0.39, 0.29) is 10.9 Å². The normalized spacial score (nSPS) is 12.0. The van der Waals surface area contributed by atoms with Crippen molar-refractivity contribution in [2.45, 2.75) is 11.8 Å². The van der Waals surface area contributed by atoms with Crippen molar-refractivity contribution in [1.82, 2.24) is 4.31 Å². The molecule has 0 N–H and O–H groups in total. The van der Waals surface area contributed by atoms with Gasteiger partial charge in [-0.05, 0) is 19.1 Å². The lowest BCUT2D eigenvalue weighted by Gasteiger charge is -2.13. The SMILES string of the molecule is Cc1ccc(S(=O)(=O)N(C)CCl)cc1. The Bertz CT molecular complexity index is 399. The smallest absolute Gasteiger partial charge is 0.207 e. The van der Waals surface area contributed by atoms with Crippen LogP contribution in [0.5, 0.6) is 0 Å². The Morgan fingerprint density at radius 2 is 1.79 bits per heavy atom. The summed E-state index contributed by atoms with van der Waals surface area (Å²) in [5.41, 5.74) is 1.03. The van der Waals surface area contributed by atoms with Crippen LogP contribution in [-0.4, -0.2) is 25.8 Å². The summed E-state index contributed by atoms with van der Waals surface area (Å²) >= 11 is 5.46. The number of rotatable bonds is 3. The molecule has 0 saturated carbocycles. The molecule has 0 aliphatic carbocycles. The summed E-state index contributed by atoms with van der Waals surface area (Å²) in [5, 5.41) is 0. The fourth-order valence-corrected chi connectivity index (χ4v) is 2.31. The van der Waals surface area contributed by atoms with E-state index in [1.807, 2.05) is 6.92 Å². The van der Waals surface area contributed by atoms with Crippen LogP contribution in [0, 0.1) is 6.92 Å². The van der Waals surface area contributed by atoms with Gasteiger partial charge < -0.3 is 0 Å². The minimum absolute atomic E-state index is 0.0454. The van der Waals surface area contributed by atoms with E-state index in [4.69, 9.17) is 11.6 Å². The molecule has 0 saturated heterocycles. The molecular weight excluding hydrogens is 222 g/mol. The zero-order valence-corrected chi connectivity index (χ0v) is 9.64. The third kappa shape index (κ3) is 2.26. The number of hydrogen-bond donors (Lipinski definition) is 0. The van der Waals surface area contributed by atoms with Crippen LogP contribution in [0.1, 0.15) is 5.56 Å². The van der Waals surface area contributed by atoms with E-state index in [2.05, 4.69) is 0 Å². The summed E-state index contributed by atoms with van der Waals surface area (Å²) in [5.74, 6) is 0. The van der Waals surface area contributed by atoms with Crippen molar-refractivity contribution in [3.05, 3.63) is 29.8 Å². The van der Waals surface area contributed by atoms with E-state index in [0.717, 1.165) is 9.87 Å². The van der Waals surface area contributed by atoms with Crippen molar-refractivity contribution in [2.24, 2.45) is 0 Å². The van der Waals surface area contributed by atoms with Gasteiger partial charge in [0, 0.05) is 7.05 Å². The highest BCUT2D eigenvalue weighted by Crippen LogP contribution is 2.14. The van der Waals surface area contributed by atoms with Gasteiger partial charge in [-0.25, -0.2) is 8.42 Å². The first-order valence-corrected chi connectivity index (χ1v) is 6.05. The molecule has 0 atom stereocenters. The number of alkyl halides is 1. The number of halogens is 1. The monoisotopic (exact) mass is 233 g/mol. The second kappa shape index (κ2) is 4.29. The Morgan fingerprint density at radius 3 is 2.21 bits per heavy atom. The summed E-state index contributed by atoms with van der Waals surface area (Å²) < 4.78 is 24.5. The maximum atomic E-state index is 11.7. The maximum Gasteiger partial charge on any atom is 0.243 e. The zero-order valence-electron chi connectivity index (χ0n) is 8.07. The molecule has 0 aliphatic heterocycles. The van der Waals surface area contributed by atoms with Gasteiger partial charge in [0.2, 0.25) is 10.0 Å². The topological polar surface area (TPSA) is 37.4 Å². The number of sulfonamides is 1. The fraction of sp³-hybridized carbons (Fsp3) is 0.333. The summed E-state index contributed by atoms with van der Waals surface area (Å²) in [6.45, 7) is 1.90. The molecular formula is C9H12ClNO2S. The quantitative estimate of drug-likeness (QED) is 0.590. The second-order valence-corrected chi connectivity index (χ2v) is 5.32. The molecule has 1 rings (SSSR count). The molecule has 0 fully saturated rings. The van der Waals surface area contributed by atoms with Gasteiger partial charge in [0.1, 0.15) is 0 Å². The van der Waals surface area contributed by atoms with E-state index in [0.29, 0.717) is 0 Å². The van der Waals surface area contributed by atoms with Crippen LogP contribution in [0.15, 0.2) is 29.2 Å². The van der Waals surface area contributed by atoms with Crippen LogP contribution >= 0.6 is 11.6 Å². The van der Waals surface area contributed by atoms with Gasteiger partial charge in [-0.3, -0.25) is 0 Å². The molecule has 1 aromatic carbocycles. The van der Waals surface area contributed by atoms with Gasteiger partial charge in [0.25, 0.3) is 0 Å². The summed E-state index contributed by atoms with van der Waals surface area (Å²) in [4.78, 5) is 0.270. The number of aryl methyl sites for hydroxylation is 1. The molecule has 1 aromatic rings. The van der Waals surface area contributed by atoms with Crippen LogP contribution in [-0.2, 0) is 10.0 Å². The second-order valence-electron chi connectivity index (χ2n) is 3.04. The molecule has 0 aromatic heterocycles. The Labute approximate surface area is 89.4 Å². The lowest BCUT2D eigenvalue weighted by Crippen LogP contribution is -2.25. The average molecular weight is 234 g/mol. The molecule has 3 nitrogen and oxygen atoms in total. The highest BCUT2D eigenvalue weighted by Gasteiger charge is 2.18. The third-order valence-corrected chi connectivity index (χ3v) is 4.22. The van der Waals surface area contributed by atoms with E-state index < -0.39 is 10.0 Å². The van der Waals surface area contributed by atoms with Crippen molar-refractivity contribution >= 4 is 21.6 Å². The lowest BCUT2D eigenvalue weighted by molar-refractivity contribution is 0.511. The Kier molecular flexibility index (Phi) is 3.53. The maximum absolute atomic E-state index is 11.7. The van der Waals surface area contributed by atoms with E-state index >= 15 is 0 Å². The number of nitrogens with zero attached hydrogens (tertiary/aromatic N) is 1. The van der Waals surface area contributed by atoms with Crippen molar-refractivity contribution in [2.75, 3.05) is 13.1 Å². The molecule has 0 heterocycles. The average Bonchev–Trinajstić information content (AvgIpc) is 2.17. The van der Waals surface area contributed by atoms with E-state index in [1.54, 1.807) is 24.3 Å². The molecule has 78 valence electrons. The summed E-state index contributed by atoms with van der Waals surface area (Å²) in [6.07, 6.45) is 0. The lowest BCUT2D eigenvalue weighted by atomic mass is 10.2. The fourth-order valence-electron chi connectivity index (χ4n) is 0.954. The van der Waals surface area contributed by atoms with Crippen molar-refractivity contribution in [3.63, 3.8) is 0 Å². The first-order chi connectivity index (χ1) is 6.48. The minimum atomic E-state index is -3.40. The van der Waals surface area contributed by atoms with Gasteiger partial charge in [-0.2, -0.15) is 4.31 Å². The molecule has 0 amide bonds. The molecule has 5 heteroatoms. The van der Waals surface area contributed by atoms with Gasteiger partial charge in [-0.1, -0.05) is 17.7 Å². The van der Waals surface area contributed by atoms with Gasteiger partial charge in [0.05, 0.1) is 10.9 Å². The molecule has 14 heavy (non-hydrogen) atoms. The van der Waals surface area contributed by atoms with Crippen molar-refractivity contribution in [3.8, 4) is 0 Å². The van der Waals surface area contributed by atoms with Crippen molar-refractivity contribution in [1.29, 1.82) is 0 Å². The molecule has 0 aliphatic rings. The molecule has 0 bridgehead atoms. The van der Waals surface area contributed by atoms with Gasteiger partial charge >= 0.3 is 0 Å². The third-order valence-electron chi connectivity index (χ3n) is 1.90. The molecule has 0 spiro atoms. The predicted octanol–water partition coefficient (Wildman–Crippen LogP) is 1.81. The standard InChI is InChI=1S/C9H12ClNO2S/c1-8-3-5-9(6-4-8)14(12,13)11(2)7-10/h3-6H,7H2,1-2H3. The minimum Gasteiger partial charge on any atom is -0.207 e. The van der Waals surface area contributed by atoms with Crippen LogP contribution < -0.4 is 0 Å². The highest BCUT2D eigenvalue weighted by molar-refractivity contribution is 7.89. The van der Waals surface area contributed by atoms with Crippen LogP contribution in [0.25, 0.3) is 0 Å². The number of hydrogen-bond acceptors (Lipinski definition) is 2. The highest BCUT2D eigenvalue weighted by atomic mass is 35.5. The largest absolute Gasteiger partial charge is 0.243 e. The van der Waals surface area contributed by atoms with Crippen molar-refractivity contribution < 1.29 is 8.42 Å². The molecule has 0 unspecified atom stereocenters. The predicted molar refractivity (Wildman–Crippen MR) is 56.8 cm³/mol. The Balaban J connectivity index is 3.11. The number of benzene rings is 1.